The van der Waals surface area contributed by atoms with Crippen LogP contribution in [-0.2, 0) is 14.3 Å². The van der Waals surface area contributed by atoms with Crippen molar-refractivity contribution in [2.45, 2.75) is 50.4 Å². The number of nitrogens with one attached hydrogen (secondary N) is 1. The van der Waals surface area contributed by atoms with Crippen molar-refractivity contribution in [3.05, 3.63) is 35.9 Å². The number of carbonyl (C=O) groups is 3. The van der Waals surface area contributed by atoms with E-state index in [9.17, 15) is 14.4 Å². The van der Waals surface area contributed by atoms with Crippen LogP contribution in [0, 0.1) is 0 Å². The number of aliphatic carboxylic acids is 1. The lowest BCUT2D eigenvalue weighted by Gasteiger charge is -2.37. The number of benzene rings is 1. The van der Waals surface area contributed by atoms with Gasteiger partial charge in [0.15, 0.2) is 6.10 Å². The number of hydrogen-bond acceptors (Lipinski definition) is 4. The molecule has 2 heterocycles. The number of piperidine rings is 1. The van der Waals surface area contributed by atoms with Gasteiger partial charge in [-0.05, 0) is 44.2 Å². The predicted molar refractivity (Wildman–Crippen MR) is 93.7 cm³/mol. The molecule has 7 heteroatoms. The van der Waals surface area contributed by atoms with Crippen LogP contribution in [0.15, 0.2) is 30.3 Å². The Bertz CT molecular complexity index is 663. The second-order valence-electron chi connectivity index (χ2n) is 6.79. The van der Waals surface area contributed by atoms with Crippen LogP contribution >= 0.6 is 0 Å². The minimum atomic E-state index is -1.02. The van der Waals surface area contributed by atoms with Gasteiger partial charge >= 0.3 is 5.97 Å². The SMILES string of the molecule is O=C(NCC1CCCCN1C(=O)[C@@H]1CC[C@H](C(=O)O)O1)c1ccccc1. The van der Waals surface area contributed by atoms with Gasteiger partial charge in [0.1, 0.15) is 6.10 Å². The zero-order chi connectivity index (χ0) is 18.5. The van der Waals surface area contributed by atoms with E-state index in [0.717, 1.165) is 19.3 Å². The van der Waals surface area contributed by atoms with E-state index in [1.807, 2.05) is 18.2 Å². The van der Waals surface area contributed by atoms with Gasteiger partial charge in [-0.3, -0.25) is 9.59 Å². The third kappa shape index (κ3) is 4.22. The van der Waals surface area contributed by atoms with E-state index in [2.05, 4.69) is 5.32 Å². The monoisotopic (exact) mass is 360 g/mol. The highest BCUT2D eigenvalue weighted by Gasteiger charge is 2.39. The molecule has 0 aliphatic carbocycles. The fraction of sp³-hybridized carbons (Fsp3) is 0.526. The Kier molecular flexibility index (Phi) is 5.88. The Hall–Kier alpha value is -2.41. The van der Waals surface area contributed by atoms with Gasteiger partial charge in [-0.15, -0.1) is 0 Å². The third-order valence-corrected chi connectivity index (χ3v) is 5.01. The summed E-state index contributed by atoms with van der Waals surface area (Å²) < 4.78 is 5.40. The van der Waals surface area contributed by atoms with Crippen LogP contribution in [0.25, 0.3) is 0 Å². The van der Waals surface area contributed by atoms with Crippen molar-refractivity contribution in [3.63, 3.8) is 0 Å². The molecule has 26 heavy (non-hydrogen) atoms. The van der Waals surface area contributed by atoms with Gasteiger partial charge in [0, 0.05) is 24.7 Å². The van der Waals surface area contributed by atoms with Crippen LogP contribution in [0.3, 0.4) is 0 Å². The molecular formula is C19H24N2O5. The lowest BCUT2D eigenvalue weighted by atomic mass is 10.0. The summed E-state index contributed by atoms with van der Waals surface area (Å²) in [6.45, 7) is 0.997. The molecule has 2 N–H and O–H groups in total. The number of carboxylic acid groups (broad SMARTS) is 1. The van der Waals surface area contributed by atoms with Crippen molar-refractivity contribution in [1.29, 1.82) is 0 Å². The lowest BCUT2D eigenvalue weighted by Crippen LogP contribution is -2.52. The average molecular weight is 360 g/mol. The highest BCUT2D eigenvalue weighted by molar-refractivity contribution is 5.94. The van der Waals surface area contributed by atoms with E-state index >= 15 is 0 Å². The third-order valence-electron chi connectivity index (χ3n) is 5.01. The number of carboxylic acids is 1. The zero-order valence-electron chi connectivity index (χ0n) is 14.6. The first-order valence-electron chi connectivity index (χ1n) is 9.08. The van der Waals surface area contributed by atoms with Gasteiger partial charge in [-0.1, -0.05) is 18.2 Å². The Morgan fingerprint density at radius 1 is 1.08 bits per heavy atom. The molecule has 1 aromatic carbocycles. The maximum absolute atomic E-state index is 12.8. The summed E-state index contributed by atoms with van der Waals surface area (Å²) in [5.74, 6) is -1.34. The number of carbonyl (C=O) groups excluding carboxylic acids is 2. The van der Waals surface area contributed by atoms with E-state index in [0.29, 0.717) is 31.5 Å². The molecule has 7 nitrogen and oxygen atoms in total. The van der Waals surface area contributed by atoms with Crippen LogP contribution in [0.1, 0.15) is 42.5 Å². The van der Waals surface area contributed by atoms with Crippen molar-refractivity contribution in [3.8, 4) is 0 Å². The van der Waals surface area contributed by atoms with Gasteiger partial charge in [0.05, 0.1) is 0 Å². The number of nitrogens with zero attached hydrogens (tertiary/aromatic N) is 1. The van der Waals surface area contributed by atoms with E-state index in [1.165, 1.54) is 0 Å². The summed E-state index contributed by atoms with van der Waals surface area (Å²) in [5, 5.41) is 11.9. The second-order valence-corrected chi connectivity index (χ2v) is 6.79. The van der Waals surface area contributed by atoms with Crippen molar-refractivity contribution in [1.82, 2.24) is 10.2 Å². The number of ether oxygens (including phenoxy) is 1. The molecule has 140 valence electrons. The normalized spacial score (nSPS) is 25.7. The number of hydrogen-bond donors (Lipinski definition) is 2. The van der Waals surface area contributed by atoms with Gasteiger partial charge in [0.2, 0.25) is 0 Å². The quantitative estimate of drug-likeness (QED) is 0.828. The molecule has 1 unspecified atom stereocenters. The second kappa shape index (κ2) is 8.31. The van der Waals surface area contributed by atoms with Crippen molar-refractivity contribution >= 4 is 17.8 Å². The number of likely N-dealkylation sites (tertiary alicyclic amines) is 1. The fourth-order valence-corrected chi connectivity index (χ4v) is 3.59. The summed E-state index contributed by atoms with van der Waals surface area (Å²) >= 11 is 0. The Balaban J connectivity index is 1.58. The molecule has 2 fully saturated rings. The first-order valence-corrected chi connectivity index (χ1v) is 9.08. The average Bonchev–Trinajstić information content (AvgIpc) is 3.17. The van der Waals surface area contributed by atoms with Crippen molar-refractivity contribution in [2.75, 3.05) is 13.1 Å². The predicted octanol–water partition coefficient (Wildman–Crippen LogP) is 1.43. The Morgan fingerprint density at radius 3 is 2.50 bits per heavy atom. The maximum atomic E-state index is 12.8. The molecule has 3 rings (SSSR count). The molecule has 2 amide bonds. The molecule has 2 saturated heterocycles. The number of rotatable bonds is 5. The van der Waals surface area contributed by atoms with Crippen LogP contribution in [-0.4, -0.2) is 59.1 Å². The standard InChI is InChI=1S/C19H24N2O5/c22-17(13-6-2-1-3-7-13)20-12-14-8-4-5-11-21(14)18(23)15-9-10-16(26-15)19(24)25/h1-3,6-7,14-16H,4-5,8-12H2,(H,20,22)(H,24,25)/t14?,15-,16+/m0/s1. The maximum Gasteiger partial charge on any atom is 0.332 e. The van der Waals surface area contributed by atoms with Gasteiger partial charge in [0.25, 0.3) is 11.8 Å². The Morgan fingerprint density at radius 2 is 1.81 bits per heavy atom. The summed E-state index contributed by atoms with van der Waals surface area (Å²) in [6.07, 6.45) is 1.91. The first-order chi connectivity index (χ1) is 12.6. The van der Waals surface area contributed by atoms with E-state index in [-0.39, 0.29) is 17.9 Å². The van der Waals surface area contributed by atoms with Crippen LogP contribution in [0.5, 0.6) is 0 Å². The highest BCUT2D eigenvalue weighted by Crippen LogP contribution is 2.25. The van der Waals surface area contributed by atoms with Crippen LogP contribution < -0.4 is 5.32 Å². The van der Waals surface area contributed by atoms with Crippen molar-refractivity contribution in [2.24, 2.45) is 0 Å². The molecule has 0 bridgehead atoms. The molecule has 0 saturated carbocycles. The van der Waals surface area contributed by atoms with Gasteiger partial charge < -0.3 is 20.1 Å². The molecule has 3 atom stereocenters. The number of amides is 2. The zero-order valence-corrected chi connectivity index (χ0v) is 14.6. The molecule has 2 aliphatic heterocycles. The Labute approximate surface area is 152 Å². The van der Waals surface area contributed by atoms with Crippen LogP contribution in [0.2, 0.25) is 0 Å². The molecule has 0 aromatic heterocycles. The summed E-state index contributed by atoms with van der Waals surface area (Å²) in [6, 6.07) is 8.87. The van der Waals surface area contributed by atoms with Gasteiger partial charge in [-0.2, -0.15) is 0 Å². The molecule has 2 aliphatic rings. The van der Waals surface area contributed by atoms with E-state index < -0.39 is 18.2 Å². The first kappa shape index (κ1) is 18.4. The summed E-state index contributed by atoms with van der Waals surface area (Å²) in [7, 11) is 0. The summed E-state index contributed by atoms with van der Waals surface area (Å²) in [4.78, 5) is 37.8. The fourth-order valence-electron chi connectivity index (χ4n) is 3.59. The lowest BCUT2D eigenvalue weighted by molar-refractivity contribution is -0.156. The summed E-state index contributed by atoms with van der Waals surface area (Å²) in [5.41, 5.74) is 0.588. The van der Waals surface area contributed by atoms with E-state index in [4.69, 9.17) is 9.84 Å². The van der Waals surface area contributed by atoms with E-state index in [1.54, 1.807) is 17.0 Å². The molecule has 0 radical (unpaired) electrons. The smallest absolute Gasteiger partial charge is 0.332 e. The molecular weight excluding hydrogens is 336 g/mol. The topological polar surface area (TPSA) is 95.9 Å². The molecule has 1 aromatic rings. The minimum absolute atomic E-state index is 0.0867. The largest absolute Gasteiger partial charge is 0.479 e. The van der Waals surface area contributed by atoms with Gasteiger partial charge in [-0.25, -0.2) is 4.79 Å². The van der Waals surface area contributed by atoms with Crippen LogP contribution in [0.4, 0.5) is 0 Å². The molecule has 0 spiro atoms. The minimum Gasteiger partial charge on any atom is -0.479 e. The highest BCUT2D eigenvalue weighted by atomic mass is 16.5. The van der Waals surface area contributed by atoms with Crippen molar-refractivity contribution < 1.29 is 24.2 Å².